The van der Waals surface area contributed by atoms with E-state index in [2.05, 4.69) is 10.2 Å². The van der Waals surface area contributed by atoms with Crippen LogP contribution in [0.15, 0.2) is 24.3 Å². The predicted molar refractivity (Wildman–Crippen MR) is 77.5 cm³/mol. The summed E-state index contributed by atoms with van der Waals surface area (Å²) in [5.41, 5.74) is 2.69. The molecule has 0 N–H and O–H groups in total. The number of hydrogen-bond acceptors (Lipinski definition) is 4. The Morgan fingerprint density at radius 3 is 2.70 bits per heavy atom. The maximum atomic E-state index is 12.4. The minimum atomic E-state index is -0.0268. The van der Waals surface area contributed by atoms with Gasteiger partial charge in [-0.15, -0.1) is 0 Å². The summed E-state index contributed by atoms with van der Waals surface area (Å²) in [7, 11) is 1.57. The van der Waals surface area contributed by atoms with Crippen LogP contribution in [0.1, 0.15) is 27.3 Å². The zero-order valence-electron chi connectivity index (χ0n) is 11.6. The number of aromatic nitrogens is 2. The molecule has 0 radical (unpaired) electrons. The molecule has 0 saturated heterocycles. The van der Waals surface area contributed by atoms with Crippen molar-refractivity contribution in [3.05, 3.63) is 51.8 Å². The van der Waals surface area contributed by atoms with Gasteiger partial charge in [0.05, 0.1) is 18.5 Å². The van der Waals surface area contributed by atoms with Crippen molar-refractivity contribution < 1.29 is 9.53 Å². The number of hydrogen-bond donors (Lipinski definition) is 0. The summed E-state index contributed by atoms with van der Waals surface area (Å²) in [5, 5.41) is 8.48. The molecule has 2 aromatic rings. The van der Waals surface area contributed by atoms with Gasteiger partial charge in [-0.2, -0.15) is 10.2 Å². The monoisotopic (exact) mass is 290 g/mol. The number of benzene rings is 1. The van der Waals surface area contributed by atoms with Crippen LogP contribution in [0.5, 0.6) is 5.75 Å². The molecule has 0 amide bonds. The van der Waals surface area contributed by atoms with Gasteiger partial charge in [0, 0.05) is 22.6 Å². The molecule has 0 spiro atoms. The first-order chi connectivity index (χ1) is 9.51. The summed E-state index contributed by atoms with van der Waals surface area (Å²) < 4.78 is 5.25. The Kier molecular flexibility index (Phi) is 4.35. The number of carbonyl (C=O) groups is 1. The Bertz CT molecular complexity index is 656. The van der Waals surface area contributed by atoms with Crippen LogP contribution in [0, 0.1) is 13.8 Å². The fourth-order valence-electron chi connectivity index (χ4n) is 1.99. The minimum absolute atomic E-state index is 0.0268. The molecule has 1 aromatic heterocycles. The normalized spacial score (nSPS) is 10.4. The first-order valence-electron chi connectivity index (χ1n) is 6.18. The number of methoxy groups -OCH3 is 1. The van der Waals surface area contributed by atoms with Crippen molar-refractivity contribution in [2.45, 2.75) is 20.3 Å². The van der Waals surface area contributed by atoms with Gasteiger partial charge in [0.2, 0.25) is 0 Å². The van der Waals surface area contributed by atoms with Crippen LogP contribution in [0.4, 0.5) is 0 Å². The quantitative estimate of drug-likeness (QED) is 0.812. The maximum absolute atomic E-state index is 12.4. The molecule has 0 bridgehead atoms. The number of halogens is 1. The molecule has 0 aliphatic heterocycles. The maximum Gasteiger partial charge on any atom is 0.169 e. The summed E-state index contributed by atoms with van der Waals surface area (Å²) in [6, 6.07) is 6.99. The van der Waals surface area contributed by atoms with Gasteiger partial charge in [-0.05, 0) is 38.1 Å². The van der Waals surface area contributed by atoms with Gasteiger partial charge in [0.25, 0.3) is 0 Å². The van der Waals surface area contributed by atoms with Crippen LogP contribution in [0.3, 0.4) is 0 Å². The van der Waals surface area contributed by atoms with Gasteiger partial charge in [-0.25, -0.2) is 0 Å². The molecule has 104 valence electrons. The Labute approximate surface area is 122 Å². The molecule has 0 unspecified atom stereocenters. The van der Waals surface area contributed by atoms with E-state index >= 15 is 0 Å². The predicted octanol–water partition coefficient (Wildman–Crippen LogP) is 3.18. The Morgan fingerprint density at radius 1 is 1.25 bits per heavy atom. The molecule has 5 heteroatoms. The summed E-state index contributed by atoms with van der Waals surface area (Å²) in [5.74, 6) is 0.625. The number of rotatable bonds is 4. The van der Waals surface area contributed by atoms with Gasteiger partial charge >= 0.3 is 0 Å². The smallest absolute Gasteiger partial charge is 0.169 e. The first-order valence-corrected chi connectivity index (χ1v) is 6.55. The second kappa shape index (κ2) is 6.01. The molecule has 2 rings (SSSR count). The molecule has 4 nitrogen and oxygen atoms in total. The minimum Gasteiger partial charge on any atom is -0.496 e. The highest BCUT2D eigenvalue weighted by atomic mass is 35.5. The second-order valence-corrected chi connectivity index (χ2v) is 4.98. The van der Waals surface area contributed by atoms with Crippen molar-refractivity contribution in [3.8, 4) is 5.75 Å². The highest BCUT2D eigenvalue weighted by Crippen LogP contribution is 2.24. The number of ketones is 1. The molecule has 0 fully saturated rings. The van der Waals surface area contributed by atoms with Crippen LogP contribution in [0.25, 0.3) is 0 Å². The van der Waals surface area contributed by atoms with Gasteiger partial charge in [-0.1, -0.05) is 11.6 Å². The zero-order valence-corrected chi connectivity index (χ0v) is 12.4. The number of ether oxygens (including phenoxy) is 1. The molecule has 0 aliphatic rings. The second-order valence-electron chi connectivity index (χ2n) is 4.54. The van der Waals surface area contributed by atoms with Gasteiger partial charge in [-0.3, -0.25) is 4.79 Å². The fraction of sp³-hybridized carbons (Fsp3) is 0.267. The van der Waals surface area contributed by atoms with E-state index in [1.165, 1.54) is 0 Å². The molecule has 0 aliphatic carbocycles. The third kappa shape index (κ3) is 3.14. The van der Waals surface area contributed by atoms with Gasteiger partial charge < -0.3 is 4.74 Å². The Morgan fingerprint density at radius 2 is 2.00 bits per heavy atom. The standard InChI is InChI=1S/C15H15ClN2O2/c1-9-6-13(10(2)18-17-9)14(19)8-11-7-12(16)4-5-15(11)20-3/h4-7H,8H2,1-3H3. The van der Waals surface area contributed by atoms with E-state index in [0.717, 1.165) is 11.3 Å². The van der Waals surface area contributed by atoms with Crippen LogP contribution >= 0.6 is 11.6 Å². The highest BCUT2D eigenvalue weighted by molar-refractivity contribution is 6.30. The van der Waals surface area contributed by atoms with Crippen molar-refractivity contribution in [1.82, 2.24) is 10.2 Å². The topological polar surface area (TPSA) is 52.1 Å². The van der Waals surface area contributed by atoms with Crippen LogP contribution < -0.4 is 4.74 Å². The van der Waals surface area contributed by atoms with Crippen LogP contribution in [-0.2, 0) is 6.42 Å². The lowest BCUT2D eigenvalue weighted by atomic mass is 10.0. The van der Waals surface area contributed by atoms with Crippen LogP contribution in [-0.4, -0.2) is 23.1 Å². The molecular formula is C15H15ClN2O2. The third-order valence-electron chi connectivity index (χ3n) is 2.99. The number of carbonyl (C=O) groups excluding carboxylic acids is 1. The van der Waals surface area contributed by atoms with Crippen molar-refractivity contribution >= 4 is 17.4 Å². The van der Waals surface area contributed by atoms with Crippen LogP contribution in [0.2, 0.25) is 5.02 Å². The fourth-order valence-corrected chi connectivity index (χ4v) is 2.18. The zero-order chi connectivity index (χ0) is 14.7. The average molecular weight is 291 g/mol. The van der Waals surface area contributed by atoms with E-state index in [1.54, 1.807) is 38.3 Å². The molecule has 1 aromatic carbocycles. The molecule has 1 heterocycles. The SMILES string of the molecule is COc1ccc(Cl)cc1CC(=O)c1cc(C)nnc1C. The number of Topliss-reactive ketones (excluding diaryl/α,β-unsaturated/α-hetero) is 1. The summed E-state index contributed by atoms with van der Waals surface area (Å²) >= 11 is 5.97. The number of nitrogens with zero attached hydrogens (tertiary/aromatic N) is 2. The summed E-state index contributed by atoms with van der Waals surface area (Å²) in [4.78, 5) is 12.4. The molecule has 0 atom stereocenters. The number of aryl methyl sites for hydroxylation is 2. The average Bonchev–Trinajstić information content (AvgIpc) is 2.41. The third-order valence-corrected chi connectivity index (χ3v) is 3.23. The van der Waals surface area contributed by atoms with Crippen molar-refractivity contribution in [1.29, 1.82) is 0 Å². The lowest BCUT2D eigenvalue weighted by Gasteiger charge is -2.09. The molecule has 20 heavy (non-hydrogen) atoms. The van der Waals surface area contributed by atoms with Gasteiger partial charge in [0.1, 0.15) is 5.75 Å². The first kappa shape index (κ1) is 14.5. The highest BCUT2D eigenvalue weighted by Gasteiger charge is 2.15. The summed E-state index contributed by atoms with van der Waals surface area (Å²) in [6.45, 7) is 3.58. The van der Waals surface area contributed by atoms with E-state index in [-0.39, 0.29) is 12.2 Å². The largest absolute Gasteiger partial charge is 0.496 e. The van der Waals surface area contributed by atoms with Crippen molar-refractivity contribution in [3.63, 3.8) is 0 Å². The van der Waals surface area contributed by atoms with E-state index in [1.807, 2.05) is 6.92 Å². The Hall–Kier alpha value is -1.94. The van der Waals surface area contributed by atoms with E-state index in [4.69, 9.17) is 16.3 Å². The van der Waals surface area contributed by atoms with E-state index in [9.17, 15) is 4.79 Å². The summed E-state index contributed by atoms with van der Waals surface area (Å²) in [6.07, 6.45) is 0.218. The van der Waals surface area contributed by atoms with Crippen molar-refractivity contribution in [2.75, 3.05) is 7.11 Å². The van der Waals surface area contributed by atoms with E-state index in [0.29, 0.717) is 22.0 Å². The lowest BCUT2D eigenvalue weighted by Crippen LogP contribution is -2.09. The van der Waals surface area contributed by atoms with Crippen molar-refractivity contribution in [2.24, 2.45) is 0 Å². The lowest BCUT2D eigenvalue weighted by molar-refractivity contribution is 0.0990. The Balaban J connectivity index is 2.32. The van der Waals surface area contributed by atoms with E-state index < -0.39 is 0 Å². The van der Waals surface area contributed by atoms with Gasteiger partial charge in [0.15, 0.2) is 5.78 Å². The molecular weight excluding hydrogens is 276 g/mol. The molecule has 0 saturated carbocycles.